The number of cyclic esters (lactones) is 1. The molecule has 2 fully saturated rings. The van der Waals surface area contributed by atoms with Crippen molar-refractivity contribution in [2.24, 2.45) is 5.73 Å². The number of amides is 2. The summed E-state index contributed by atoms with van der Waals surface area (Å²) in [5.74, 6) is -0.0171. The summed E-state index contributed by atoms with van der Waals surface area (Å²) >= 11 is 4.85. The predicted molar refractivity (Wildman–Crippen MR) is 112 cm³/mol. The summed E-state index contributed by atoms with van der Waals surface area (Å²) in [6.45, 7) is 3.89. The summed E-state index contributed by atoms with van der Waals surface area (Å²) in [7, 11) is 0. The van der Waals surface area contributed by atoms with Crippen molar-refractivity contribution < 1.29 is 14.3 Å². The summed E-state index contributed by atoms with van der Waals surface area (Å²) in [6.07, 6.45) is 4.51. The van der Waals surface area contributed by atoms with Gasteiger partial charge in [-0.05, 0) is 49.7 Å². The van der Waals surface area contributed by atoms with Crippen LogP contribution >= 0.6 is 12.2 Å². The molecule has 8 heteroatoms. The third-order valence-corrected chi connectivity index (χ3v) is 5.52. The van der Waals surface area contributed by atoms with Gasteiger partial charge in [-0.2, -0.15) is 0 Å². The molecule has 2 heterocycles. The quantitative estimate of drug-likeness (QED) is 0.709. The van der Waals surface area contributed by atoms with E-state index >= 15 is 0 Å². The molecule has 0 bridgehead atoms. The van der Waals surface area contributed by atoms with Crippen molar-refractivity contribution in [3.8, 4) is 0 Å². The molecule has 3 N–H and O–H groups in total. The van der Waals surface area contributed by atoms with Crippen molar-refractivity contribution in [2.45, 2.75) is 51.1 Å². The smallest absolute Gasteiger partial charge is 0.410 e. The minimum Gasteiger partial charge on any atom is -0.447 e. The second-order valence-electron chi connectivity index (χ2n) is 7.37. The third-order valence-electron chi connectivity index (χ3n) is 5.42. The molecule has 2 aliphatic heterocycles. The molecule has 28 heavy (non-hydrogen) atoms. The minimum atomic E-state index is -0.206. The highest BCUT2D eigenvalue weighted by molar-refractivity contribution is 7.80. The van der Waals surface area contributed by atoms with Gasteiger partial charge in [0.05, 0.1) is 6.04 Å². The van der Waals surface area contributed by atoms with Crippen molar-refractivity contribution in [3.05, 3.63) is 29.8 Å². The van der Waals surface area contributed by atoms with E-state index in [1.165, 1.54) is 0 Å². The Morgan fingerprint density at radius 2 is 2.11 bits per heavy atom. The van der Waals surface area contributed by atoms with Crippen LogP contribution in [0.25, 0.3) is 0 Å². The number of hydrogen-bond donors (Lipinski definition) is 2. The molecule has 1 aromatic carbocycles. The van der Waals surface area contributed by atoms with Gasteiger partial charge in [0.2, 0.25) is 0 Å². The molecule has 0 aromatic heterocycles. The van der Waals surface area contributed by atoms with Crippen LogP contribution in [-0.4, -0.2) is 58.7 Å². The van der Waals surface area contributed by atoms with E-state index < -0.39 is 0 Å². The number of likely N-dealkylation sites (tertiary alicyclic amines) is 1. The fourth-order valence-electron chi connectivity index (χ4n) is 3.98. The second kappa shape index (κ2) is 9.23. The van der Waals surface area contributed by atoms with Gasteiger partial charge in [0, 0.05) is 30.4 Å². The lowest BCUT2D eigenvalue weighted by Crippen LogP contribution is -2.49. The van der Waals surface area contributed by atoms with E-state index in [-0.39, 0.29) is 29.2 Å². The van der Waals surface area contributed by atoms with E-state index in [2.05, 4.69) is 12.2 Å². The number of carbonyl (C=O) groups is 2. The zero-order valence-electron chi connectivity index (χ0n) is 16.2. The van der Waals surface area contributed by atoms with Crippen molar-refractivity contribution in [1.82, 2.24) is 9.80 Å². The molecule has 2 aliphatic rings. The van der Waals surface area contributed by atoms with Gasteiger partial charge in [-0.3, -0.25) is 9.69 Å². The van der Waals surface area contributed by atoms with E-state index in [1.54, 1.807) is 18.2 Å². The number of piperidine rings is 1. The summed E-state index contributed by atoms with van der Waals surface area (Å²) in [5.41, 5.74) is 6.80. The number of unbranched alkanes of at least 4 members (excludes halogenated alkanes) is 1. The largest absolute Gasteiger partial charge is 0.447 e. The summed E-state index contributed by atoms with van der Waals surface area (Å²) in [4.78, 5) is 28.8. The number of nitrogens with one attached hydrogen (secondary N) is 1. The lowest BCUT2D eigenvalue weighted by atomic mass is 9.99. The molecule has 1 atom stereocenters. The molecule has 0 aliphatic carbocycles. The predicted octanol–water partition coefficient (Wildman–Crippen LogP) is 2.96. The number of benzene rings is 1. The maximum Gasteiger partial charge on any atom is 0.410 e. The van der Waals surface area contributed by atoms with Crippen LogP contribution in [0.5, 0.6) is 0 Å². The van der Waals surface area contributed by atoms with E-state index in [0.717, 1.165) is 32.1 Å². The molecule has 1 aromatic rings. The van der Waals surface area contributed by atoms with E-state index in [4.69, 9.17) is 22.7 Å². The molecule has 2 amide bonds. The van der Waals surface area contributed by atoms with E-state index in [9.17, 15) is 9.59 Å². The molecule has 7 nitrogen and oxygen atoms in total. The van der Waals surface area contributed by atoms with Gasteiger partial charge < -0.3 is 20.7 Å². The van der Waals surface area contributed by atoms with Crippen LogP contribution in [-0.2, 0) is 4.74 Å². The average molecular weight is 405 g/mol. The molecule has 1 unspecified atom stereocenters. The number of anilines is 1. The van der Waals surface area contributed by atoms with Crippen molar-refractivity contribution in [2.75, 3.05) is 25.0 Å². The molecule has 3 rings (SSSR count). The van der Waals surface area contributed by atoms with Crippen molar-refractivity contribution in [1.29, 1.82) is 0 Å². The average Bonchev–Trinajstić information content (AvgIpc) is 3.06. The molecular formula is C20H28N4O3S. The maximum atomic E-state index is 12.9. The topological polar surface area (TPSA) is 87.9 Å². The number of nitrogens with two attached hydrogens (primary N) is 1. The van der Waals surface area contributed by atoms with Crippen LogP contribution in [0.1, 0.15) is 49.4 Å². The van der Waals surface area contributed by atoms with Crippen molar-refractivity contribution in [3.63, 3.8) is 0 Å². The first-order chi connectivity index (χ1) is 13.5. The number of thiocarbonyl (C=S) groups is 1. The Hall–Kier alpha value is -2.35. The van der Waals surface area contributed by atoms with Gasteiger partial charge in [0.25, 0.3) is 5.91 Å². The van der Waals surface area contributed by atoms with Crippen LogP contribution in [0.4, 0.5) is 10.5 Å². The Morgan fingerprint density at radius 3 is 2.79 bits per heavy atom. The molecule has 2 saturated heterocycles. The summed E-state index contributed by atoms with van der Waals surface area (Å²) < 4.78 is 5.30. The first-order valence-corrected chi connectivity index (χ1v) is 10.3. The normalized spacial score (nSPS) is 20.2. The van der Waals surface area contributed by atoms with Gasteiger partial charge in [0.1, 0.15) is 6.61 Å². The highest BCUT2D eigenvalue weighted by atomic mass is 32.1. The second-order valence-corrected chi connectivity index (χ2v) is 7.81. The number of ether oxygens (including phenoxy) is 1. The Balaban J connectivity index is 1.59. The van der Waals surface area contributed by atoms with Gasteiger partial charge in [-0.25, -0.2) is 4.79 Å². The third kappa shape index (κ3) is 4.73. The highest BCUT2D eigenvalue weighted by Gasteiger charge is 2.39. The Bertz CT molecular complexity index is 734. The van der Waals surface area contributed by atoms with Gasteiger partial charge >= 0.3 is 6.09 Å². The van der Waals surface area contributed by atoms with E-state index in [0.29, 0.717) is 30.9 Å². The monoisotopic (exact) mass is 404 g/mol. The van der Waals surface area contributed by atoms with Crippen LogP contribution in [0.2, 0.25) is 0 Å². The molecule has 0 radical (unpaired) electrons. The standard InChI is InChI=1S/C20H28N4O3S/c1-2-3-7-17-13-27-20(26)24(17)16-8-10-23(11-9-16)18(25)14-5-4-6-15(12-14)22-19(21)28/h4-6,12,16-17H,2-3,7-11,13H2,1H3,(H3,21,22,28). The highest BCUT2D eigenvalue weighted by Crippen LogP contribution is 2.27. The minimum absolute atomic E-state index is 0.0171. The fraction of sp³-hybridized carbons (Fsp3) is 0.550. The van der Waals surface area contributed by atoms with Gasteiger partial charge in [0.15, 0.2) is 5.11 Å². The first-order valence-electron chi connectivity index (χ1n) is 9.90. The van der Waals surface area contributed by atoms with Crippen LogP contribution in [0.3, 0.4) is 0 Å². The molecule has 152 valence electrons. The molecule has 0 saturated carbocycles. The van der Waals surface area contributed by atoms with Gasteiger partial charge in [-0.15, -0.1) is 0 Å². The lowest BCUT2D eigenvalue weighted by Gasteiger charge is -2.38. The lowest BCUT2D eigenvalue weighted by molar-refractivity contribution is 0.0633. The van der Waals surface area contributed by atoms with Gasteiger partial charge in [-0.1, -0.05) is 25.8 Å². The maximum absolute atomic E-state index is 12.9. The Morgan fingerprint density at radius 1 is 1.36 bits per heavy atom. The summed E-state index contributed by atoms with van der Waals surface area (Å²) in [5, 5.41) is 3.02. The number of hydrogen-bond acceptors (Lipinski definition) is 4. The number of carbonyl (C=O) groups excluding carboxylic acids is 2. The van der Waals surface area contributed by atoms with Crippen LogP contribution in [0, 0.1) is 0 Å². The summed E-state index contributed by atoms with van der Waals surface area (Å²) in [6, 6.07) is 7.48. The molecular weight excluding hydrogens is 376 g/mol. The SMILES string of the molecule is CCCCC1COC(=O)N1C1CCN(C(=O)c2cccc(NC(N)=S)c2)CC1. The Kier molecular flexibility index (Phi) is 6.72. The zero-order valence-corrected chi connectivity index (χ0v) is 17.0. The number of rotatable bonds is 6. The van der Waals surface area contributed by atoms with E-state index in [1.807, 2.05) is 15.9 Å². The molecule has 0 spiro atoms. The number of nitrogens with zero attached hydrogens (tertiary/aromatic N) is 2. The zero-order chi connectivity index (χ0) is 20.1. The van der Waals surface area contributed by atoms with Crippen LogP contribution < -0.4 is 11.1 Å². The fourth-order valence-corrected chi connectivity index (χ4v) is 4.10. The van der Waals surface area contributed by atoms with Crippen molar-refractivity contribution >= 4 is 35.0 Å². The Labute approximate surface area is 171 Å². The van der Waals surface area contributed by atoms with Crippen LogP contribution in [0.15, 0.2) is 24.3 Å². The first kappa shape index (κ1) is 20.4.